The van der Waals surface area contributed by atoms with E-state index in [1.807, 2.05) is 24.3 Å². The molecule has 3 rings (SSSR count). The van der Waals surface area contributed by atoms with Crippen molar-refractivity contribution >= 4 is 16.8 Å². The molecule has 5 nitrogen and oxygen atoms in total. The Bertz CT molecular complexity index is 647. The van der Waals surface area contributed by atoms with E-state index in [1.165, 1.54) is 6.20 Å². The topological polar surface area (TPSA) is 77.8 Å². The van der Waals surface area contributed by atoms with Gasteiger partial charge in [0, 0.05) is 5.39 Å². The van der Waals surface area contributed by atoms with Gasteiger partial charge >= 0.3 is 0 Å². The van der Waals surface area contributed by atoms with Gasteiger partial charge in [-0.25, -0.2) is 4.98 Å². The first-order chi connectivity index (χ1) is 7.84. The molecule has 2 N–H and O–H groups in total. The third-order valence-electron chi connectivity index (χ3n) is 2.30. The van der Waals surface area contributed by atoms with E-state index >= 15 is 0 Å². The maximum atomic E-state index is 5.56. The van der Waals surface area contributed by atoms with Gasteiger partial charge in [-0.05, 0) is 6.07 Å². The number of nitrogens with two attached hydrogens (primary N) is 1. The van der Waals surface area contributed by atoms with Crippen LogP contribution in [0.15, 0.2) is 41.1 Å². The van der Waals surface area contributed by atoms with Crippen molar-refractivity contribution in [3.63, 3.8) is 0 Å². The summed E-state index contributed by atoms with van der Waals surface area (Å²) in [4.78, 5) is 4.11. The summed E-state index contributed by atoms with van der Waals surface area (Å²) in [6.45, 7) is 0. The van der Waals surface area contributed by atoms with E-state index in [0.29, 0.717) is 11.6 Å². The normalized spacial score (nSPS) is 10.8. The molecule has 0 radical (unpaired) electrons. The Balaban J connectivity index is 2.26. The molecule has 0 aliphatic carbocycles. The molecule has 0 saturated carbocycles. The van der Waals surface area contributed by atoms with Gasteiger partial charge in [0.05, 0.1) is 11.8 Å². The lowest BCUT2D eigenvalue weighted by Crippen LogP contribution is -1.96. The van der Waals surface area contributed by atoms with Crippen molar-refractivity contribution in [2.45, 2.75) is 0 Å². The summed E-state index contributed by atoms with van der Waals surface area (Å²) in [5, 5.41) is 8.65. The van der Waals surface area contributed by atoms with Crippen LogP contribution in [0, 0.1) is 0 Å². The largest absolute Gasteiger partial charge is 0.464 e. The van der Waals surface area contributed by atoms with E-state index in [2.05, 4.69) is 15.2 Å². The van der Waals surface area contributed by atoms with Crippen LogP contribution >= 0.6 is 0 Å². The quantitative estimate of drug-likeness (QED) is 0.666. The summed E-state index contributed by atoms with van der Waals surface area (Å²) in [5.41, 5.74) is 7.16. The van der Waals surface area contributed by atoms with Gasteiger partial charge in [0.25, 0.3) is 0 Å². The number of anilines is 1. The fourth-order valence-electron chi connectivity index (χ4n) is 1.58. The Kier molecular flexibility index (Phi) is 1.83. The molecule has 16 heavy (non-hydrogen) atoms. The Hall–Kier alpha value is -2.43. The average Bonchev–Trinajstić information content (AvgIpc) is 2.72. The Morgan fingerprint density at radius 3 is 2.94 bits per heavy atom. The van der Waals surface area contributed by atoms with Crippen LogP contribution in [-0.2, 0) is 0 Å². The number of hydrogen-bond acceptors (Lipinski definition) is 5. The standard InChI is InChI=1S/C11H8N4O/c12-10-5-13-15-11(14-10)8-6-16-9-4-2-1-3-7(8)9/h1-6H,(H2,12,14,15). The number of rotatable bonds is 1. The molecule has 3 aromatic rings. The van der Waals surface area contributed by atoms with E-state index in [1.54, 1.807) is 6.26 Å². The number of benzene rings is 1. The van der Waals surface area contributed by atoms with Crippen LogP contribution in [0.1, 0.15) is 0 Å². The molecule has 5 heteroatoms. The summed E-state index contributed by atoms with van der Waals surface area (Å²) in [6.07, 6.45) is 3.02. The highest BCUT2D eigenvalue weighted by molar-refractivity contribution is 5.91. The number of nitrogens with zero attached hydrogens (tertiary/aromatic N) is 3. The first-order valence-electron chi connectivity index (χ1n) is 4.76. The van der Waals surface area contributed by atoms with E-state index in [9.17, 15) is 0 Å². The monoisotopic (exact) mass is 212 g/mol. The second kappa shape index (κ2) is 3.30. The van der Waals surface area contributed by atoms with Gasteiger partial charge in [-0.15, -0.1) is 5.10 Å². The van der Waals surface area contributed by atoms with Crippen LogP contribution in [0.3, 0.4) is 0 Å². The minimum absolute atomic E-state index is 0.343. The summed E-state index contributed by atoms with van der Waals surface area (Å²) >= 11 is 0. The predicted octanol–water partition coefficient (Wildman–Crippen LogP) is 1.87. The SMILES string of the molecule is Nc1cnnc(-c2coc3ccccc23)n1. The lowest BCUT2D eigenvalue weighted by Gasteiger charge is -1.96. The van der Waals surface area contributed by atoms with Crippen LogP contribution in [-0.4, -0.2) is 15.2 Å². The maximum Gasteiger partial charge on any atom is 0.187 e. The lowest BCUT2D eigenvalue weighted by molar-refractivity contribution is 0.616. The average molecular weight is 212 g/mol. The number of fused-ring (bicyclic) bond motifs is 1. The molecular formula is C11H8N4O. The molecule has 0 unspecified atom stereocenters. The summed E-state index contributed by atoms with van der Waals surface area (Å²) in [7, 11) is 0. The molecule has 0 aliphatic rings. The fourth-order valence-corrected chi connectivity index (χ4v) is 1.58. The molecule has 1 aromatic carbocycles. The summed E-state index contributed by atoms with van der Waals surface area (Å²) in [6, 6.07) is 7.68. The van der Waals surface area contributed by atoms with Crippen LogP contribution in [0.4, 0.5) is 5.82 Å². The molecule has 0 aliphatic heterocycles. The number of aromatic nitrogens is 3. The van der Waals surface area contributed by atoms with E-state index in [0.717, 1.165) is 16.5 Å². The van der Waals surface area contributed by atoms with Crippen molar-refractivity contribution in [3.05, 3.63) is 36.7 Å². The van der Waals surface area contributed by atoms with Crippen LogP contribution in [0.5, 0.6) is 0 Å². The van der Waals surface area contributed by atoms with Gasteiger partial charge in [-0.2, -0.15) is 5.10 Å². The molecular weight excluding hydrogens is 204 g/mol. The Morgan fingerprint density at radius 2 is 2.06 bits per heavy atom. The van der Waals surface area contributed by atoms with E-state index in [-0.39, 0.29) is 0 Å². The van der Waals surface area contributed by atoms with Crippen LogP contribution < -0.4 is 5.73 Å². The van der Waals surface area contributed by atoms with Crippen molar-refractivity contribution in [3.8, 4) is 11.4 Å². The second-order valence-corrected chi connectivity index (χ2v) is 3.35. The van der Waals surface area contributed by atoms with Gasteiger partial charge in [0.2, 0.25) is 0 Å². The van der Waals surface area contributed by atoms with Crippen LogP contribution in [0.25, 0.3) is 22.4 Å². The first-order valence-corrected chi connectivity index (χ1v) is 4.76. The summed E-state index contributed by atoms with van der Waals surface area (Å²) in [5.74, 6) is 0.820. The van der Waals surface area contributed by atoms with Gasteiger partial charge in [0.1, 0.15) is 17.7 Å². The van der Waals surface area contributed by atoms with E-state index in [4.69, 9.17) is 10.2 Å². The number of furan rings is 1. The first kappa shape index (κ1) is 8.84. The minimum atomic E-state index is 0.343. The molecule has 0 bridgehead atoms. The highest BCUT2D eigenvalue weighted by Gasteiger charge is 2.10. The zero-order valence-electron chi connectivity index (χ0n) is 8.29. The van der Waals surface area contributed by atoms with Crippen molar-refractivity contribution in [1.82, 2.24) is 15.2 Å². The minimum Gasteiger partial charge on any atom is -0.464 e. The predicted molar refractivity (Wildman–Crippen MR) is 59.4 cm³/mol. The second-order valence-electron chi connectivity index (χ2n) is 3.35. The summed E-state index contributed by atoms with van der Waals surface area (Å²) < 4.78 is 5.39. The van der Waals surface area contributed by atoms with Gasteiger partial charge in [-0.3, -0.25) is 0 Å². The van der Waals surface area contributed by atoms with Gasteiger partial charge in [0.15, 0.2) is 5.82 Å². The molecule has 0 amide bonds. The molecule has 0 atom stereocenters. The zero-order valence-corrected chi connectivity index (χ0v) is 8.29. The smallest absolute Gasteiger partial charge is 0.187 e. The molecule has 2 heterocycles. The van der Waals surface area contributed by atoms with Crippen molar-refractivity contribution in [1.29, 1.82) is 0 Å². The number of para-hydroxylation sites is 1. The highest BCUT2D eigenvalue weighted by atomic mass is 16.3. The molecule has 0 spiro atoms. The van der Waals surface area contributed by atoms with Crippen LogP contribution in [0.2, 0.25) is 0 Å². The lowest BCUT2D eigenvalue weighted by atomic mass is 10.2. The molecule has 0 fully saturated rings. The Morgan fingerprint density at radius 1 is 1.19 bits per heavy atom. The Labute approximate surface area is 90.9 Å². The van der Waals surface area contributed by atoms with E-state index < -0.39 is 0 Å². The van der Waals surface area contributed by atoms with Gasteiger partial charge in [-0.1, -0.05) is 18.2 Å². The molecule has 0 saturated heterocycles. The van der Waals surface area contributed by atoms with Gasteiger partial charge < -0.3 is 10.2 Å². The number of nitrogen functional groups attached to an aromatic ring is 1. The maximum absolute atomic E-state index is 5.56. The third kappa shape index (κ3) is 1.30. The number of hydrogen-bond donors (Lipinski definition) is 1. The molecule has 78 valence electrons. The highest BCUT2D eigenvalue weighted by Crippen LogP contribution is 2.27. The zero-order chi connectivity index (χ0) is 11.0. The van der Waals surface area contributed by atoms with Crippen molar-refractivity contribution in [2.75, 3.05) is 5.73 Å². The van der Waals surface area contributed by atoms with Crippen molar-refractivity contribution in [2.24, 2.45) is 0 Å². The third-order valence-corrected chi connectivity index (χ3v) is 2.30. The molecule has 2 aromatic heterocycles. The fraction of sp³-hybridized carbons (Fsp3) is 0. The van der Waals surface area contributed by atoms with Crippen molar-refractivity contribution < 1.29 is 4.42 Å².